The van der Waals surface area contributed by atoms with Crippen LogP contribution in [0.5, 0.6) is 5.75 Å². The van der Waals surface area contributed by atoms with Gasteiger partial charge in [0.05, 0.1) is 12.8 Å². The van der Waals surface area contributed by atoms with E-state index in [2.05, 4.69) is 20.9 Å². The lowest BCUT2D eigenvalue weighted by Crippen LogP contribution is -2.43. The van der Waals surface area contributed by atoms with E-state index in [0.717, 1.165) is 0 Å². The van der Waals surface area contributed by atoms with Crippen molar-refractivity contribution in [3.63, 3.8) is 0 Å². The van der Waals surface area contributed by atoms with Crippen molar-refractivity contribution >= 4 is 28.5 Å². The molecule has 0 saturated heterocycles. The van der Waals surface area contributed by atoms with Crippen LogP contribution >= 0.6 is 0 Å². The Morgan fingerprint density at radius 2 is 1.96 bits per heavy atom. The number of hydrogen-bond acceptors (Lipinski definition) is 6. The van der Waals surface area contributed by atoms with E-state index in [-0.39, 0.29) is 17.7 Å². The van der Waals surface area contributed by atoms with Gasteiger partial charge in [0.15, 0.2) is 16.8 Å². The summed E-state index contributed by atoms with van der Waals surface area (Å²) in [7, 11) is 1.51. The molecule has 2 rings (SSSR count). The molecule has 0 bridgehead atoms. The molecule has 0 aliphatic rings. The number of aromatic nitrogens is 2. The van der Waals surface area contributed by atoms with E-state index in [1.165, 1.54) is 14.0 Å². The topological polar surface area (TPSA) is 106 Å². The van der Waals surface area contributed by atoms with E-state index in [0.29, 0.717) is 28.9 Å². The number of nitrogens with one attached hydrogen (secondary N) is 2. The van der Waals surface area contributed by atoms with Crippen LogP contribution in [0.4, 0.5) is 5.69 Å². The summed E-state index contributed by atoms with van der Waals surface area (Å²) in [5.41, 5.74) is 1.26. The number of amides is 2. The number of fused-ring (bicyclic) bond motifs is 1. The third-order valence-corrected chi connectivity index (χ3v) is 3.26. The lowest BCUT2D eigenvalue weighted by atomic mass is 10.0. The number of benzene rings is 1. The first-order valence-corrected chi connectivity index (χ1v) is 7.29. The molecule has 0 unspecified atom stereocenters. The molecule has 0 radical (unpaired) electrons. The summed E-state index contributed by atoms with van der Waals surface area (Å²) in [6.07, 6.45) is 0.530. The molecule has 1 aromatic heterocycles. The van der Waals surface area contributed by atoms with Crippen molar-refractivity contribution < 1.29 is 19.0 Å². The molecule has 1 heterocycles. The highest BCUT2D eigenvalue weighted by molar-refractivity contribution is 6.03. The first-order chi connectivity index (χ1) is 10.9. The molecular formula is C15H20N4O4. The Morgan fingerprint density at radius 1 is 1.26 bits per heavy atom. The van der Waals surface area contributed by atoms with E-state index in [4.69, 9.17) is 9.37 Å². The number of rotatable bonds is 6. The summed E-state index contributed by atoms with van der Waals surface area (Å²) < 4.78 is 9.88. The van der Waals surface area contributed by atoms with Gasteiger partial charge in [-0.25, -0.2) is 4.63 Å². The molecule has 0 spiro atoms. The van der Waals surface area contributed by atoms with Crippen LogP contribution in [-0.2, 0) is 9.59 Å². The average Bonchev–Trinajstić information content (AvgIpc) is 2.95. The molecule has 2 amide bonds. The van der Waals surface area contributed by atoms with Gasteiger partial charge in [-0.05, 0) is 34.8 Å². The van der Waals surface area contributed by atoms with Gasteiger partial charge in [-0.1, -0.05) is 13.8 Å². The molecule has 0 aliphatic heterocycles. The molecule has 0 fully saturated rings. The lowest BCUT2D eigenvalue weighted by molar-refractivity contribution is -0.125. The van der Waals surface area contributed by atoms with Crippen LogP contribution < -0.4 is 15.4 Å². The van der Waals surface area contributed by atoms with Gasteiger partial charge in [-0.3, -0.25) is 9.59 Å². The predicted molar refractivity (Wildman–Crippen MR) is 84.0 cm³/mol. The third kappa shape index (κ3) is 3.97. The molecule has 8 nitrogen and oxygen atoms in total. The Labute approximate surface area is 133 Å². The van der Waals surface area contributed by atoms with Crippen LogP contribution in [0.3, 0.4) is 0 Å². The minimum absolute atomic E-state index is 0.252. The fraction of sp³-hybridized carbons (Fsp3) is 0.467. The van der Waals surface area contributed by atoms with E-state index < -0.39 is 6.04 Å². The van der Waals surface area contributed by atoms with Crippen LogP contribution in [-0.4, -0.2) is 35.3 Å². The summed E-state index contributed by atoms with van der Waals surface area (Å²) in [5.74, 6) is 0.180. The fourth-order valence-corrected chi connectivity index (χ4v) is 2.28. The van der Waals surface area contributed by atoms with Crippen molar-refractivity contribution in [1.82, 2.24) is 15.6 Å². The summed E-state index contributed by atoms with van der Waals surface area (Å²) in [5, 5.41) is 13.0. The number of hydrogen-bond donors (Lipinski definition) is 2. The monoisotopic (exact) mass is 320 g/mol. The molecule has 2 N–H and O–H groups in total. The molecule has 0 saturated carbocycles. The summed E-state index contributed by atoms with van der Waals surface area (Å²) in [6, 6.07) is 2.70. The highest BCUT2D eigenvalue weighted by Gasteiger charge is 2.22. The van der Waals surface area contributed by atoms with Gasteiger partial charge < -0.3 is 15.4 Å². The molecule has 8 heteroatoms. The second-order valence-corrected chi connectivity index (χ2v) is 5.65. The van der Waals surface area contributed by atoms with E-state index in [1.807, 2.05) is 13.8 Å². The van der Waals surface area contributed by atoms with Gasteiger partial charge >= 0.3 is 0 Å². The quantitative estimate of drug-likeness (QED) is 0.839. The molecule has 0 aliphatic carbocycles. The van der Waals surface area contributed by atoms with Crippen LogP contribution in [0.1, 0.15) is 27.2 Å². The van der Waals surface area contributed by atoms with Gasteiger partial charge in [0, 0.05) is 6.92 Å². The van der Waals surface area contributed by atoms with Gasteiger partial charge in [0.2, 0.25) is 11.8 Å². The minimum Gasteiger partial charge on any atom is -0.494 e. The zero-order chi connectivity index (χ0) is 17.0. The lowest BCUT2D eigenvalue weighted by Gasteiger charge is -2.19. The third-order valence-electron chi connectivity index (χ3n) is 3.26. The Balaban J connectivity index is 2.24. The van der Waals surface area contributed by atoms with E-state index in [1.54, 1.807) is 12.1 Å². The molecular weight excluding hydrogens is 300 g/mol. The molecule has 23 heavy (non-hydrogen) atoms. The van der Waals surface area contributed by atoms with Crippen molar-refractivity contribution in [3.05, 3.63) is 12.1 Å². The average molecular weight is 320 g/mol. The van der Waals surface area contributed by atoms with E-state index in [9.17, 15) is 9.59 Å². The van der Waals surface area contributed by atoms with Gasteiger partial charge in [-0.15, -0.1) is 0 Å². The standard InChI is InChI=1S/C15H20N4O4/c1-8(2)7-11(16-9(3)20)15(21)17-10-5-6-12(22-4)14-13(10)18-23-19-14/h5-6,8,11H,7H2,1-4H3,(H,16,20)(H,17,21)/t11-/m0/s1. The largest absolute Gasteiger partial charge is 0.494 e. The zero-order valence-corrected chi connectivity index (χ0v) is 13.5. The molecule has 1 atom stereocenters. The molecule has 124 valence electrons. The van der Waals surface area contributed by atoms with Crippen LogP contribution in [0.2, 0.25) is 0 Å². The predicted octanol–water partition coefficient (Wildman–Crippen LogP) is 1.72. The normalized spacial score (nSPS) is 12.2. The zero-order valence-electron chi connectivity index (χ0n) is 13.5. The van der Waals surface area contributed by atoms with Gasteiger partial charge in [0.1, 0.15) is 6.04 Å². The van der Waals surface area contributed by atoms with E-state index >= 15 is 0 Å². The summed E-state index contributed by atoms with van der Waals surface area (Å²) in [6.45, 7) is 5.35. The van der Waals surface area contributed by atoms with Crippen LogP contribution in [0, 0.1) is 5.92 Å². The van der Waals surface area contributed by atoms with Crippen molar-refractivity contribution in [2.24, 2.45) is 5.92 Å². The Morgan fingerprint density at radius 3 is 2.57 bits per heavy atom. The summed E-state index contributed by atoms with van der Waals surface area (Å²) >= 11 is 0. The van der Waals surface area contributed by atoms with Crippen molar-refractivity contribution in [3.8, 4) is 5.75 Å². The smallest absolute Gasteiger partial charge is 0.247 e. The highest BCUT2D eigenvalue weighted by atomic mass is 16.6. The summed E-state index contributed by atoms with van der Waals surface area (Å²) in [4.78, 5) is 23.8. The maximum Gasteiger partial charge on any atom is 0.247 e. The van der Waals surface area contributed by atoms with Crippen LogP contribution in [0.25, 0.3) is 11.0 Å². The van der Waals surface area contributed by atoms with Crippen LogP contribution in [0.15, 0.2) is 16.8 Å². The van der Waals surface area contributed by atoms with Crippen molar-refractivity contribution in [2.75, 3.05) is 12.4 Å². The van der Waals surface area contributed by atoms with Crippen molar-refractivity contribution in [1.29, 1.82) is 0 Å². The van der Waals surface area contributed by atoms with Crippen molar-refractivity contribution in [2.45, 2.75) is 33.2 Å². The number of anilines is 1. The number of methoxy groups -OCH3 is 1. The first kappa shape index (κ1) is 16.7. The fourth-order valence-electron chi connectivity index (χ4n) is 2.28. The molecule has 2 aromatic rings. The maximum atomic E-state index is 12.5. The highest BCUT2D eigenvalue weighted by Crippen LogP contribution is 2.28. The second kappa shape index (κ2) is 7.08. The Bertz CT molecular complexity index is 711. The Hall–Kier alpha value is -2.64. The van der Waals surface area contributed by atoms with Gasteiger partial charge in [-0.2, -0.15) is 0 Å². The second-order valence-electron chi connectivity index (χ2n) is 5.65. The number of carbonyl (C=O) groups is 2. The Kier molecular flexibility index (Phi) is 5.15. The van der Waals surface area contributed by atoms with Gasteiger partial charge in [0.25, 0.3) is 0 Å². The minimum atomic E-state index is -0.621. The first-order valence-electron chi connectivity index (χ1n) is 7.29. The SMILES string of the molecule is COc1ccc(NC(=O)[C@H](CC(C)C)NC(C)=O)c2nonc12. The number of ether oxygens (including phenoxy) is 1. The number of carbonyl (C=O) groups excluding carboxylic acids is 2. The maximum absolute atomic E-state index is 12.5. The number of nitrogens with zero attached hydrogens (tertiary/aromatic N) is 2. The molecule has 1 aromatic carbocycles.